The third-order valence-electron chi connectivity index (χ3n) is 4.45. The quantitative estimate of drug-likeness (QED) is 0.891. The molecule has 0 radical (unpaired) electrons. The molecule has 2 aliphatic heterocycles. The van der Waals surface area contributed by atoms with Gasteiger partial charge in [-0.3, -0.25) is 5.41 Å². The standard InChI is InChI=1S/C18H18N2O3S2/c19-18-20(16-11-25(21,22)12-17(16)24-18)14-6-8-15(9-7-14)23-10-13-4-2-1-3-5-13/h1-9,16-17,19H,10-12H2/t16-,17+/m0/s1. The van der Waals surface area contributed by atoms with E-state index in [0.29, 0.717) is 11.8 Å². The number of anilines is 1. The fourth-order valence-electron chi connectivity index (χ4n) is 3.25. The van der Waals surface area contributed by atoms with Gasteiger partial charge < -0.3 is 9.64 Å². The van der Waals surface area contributed by atoms with Crippen LogP contribution in [0.5, 0.6) is 5.75 Å². The fraction of sp³-hybridized carbons (Fsp3) is 0.278. The van der Waals surface area contributed by atoms with Crippen molar-refractivity contribution >= 4 is 32.5 Å². The van der Waals surface area contributed by atoms with Crippen molar-refractivity contribution in [3.63, 3.8) is 0 Å². The second kappa shape index (κ2) is 6.38. The summed E-state index contributed by atoms with van der Waals surface area (Å²) in [5.74, 6) is 1.04. The molecule has 130 valence electrons. The number of amidine groups is 1. The number of rotatable bonds is 4. The van der Waals surface area contributed by atoms with E-state index in [4.69, 9.17) is 10.1 Å². The van der Waals surface area contributed by atoms with Crippen LogP contribution >= 0.6 is 11.8 Å². The van der Waals surface area contributed by atoms with E-state index in [1.165, 1.54) is 11.8 Å². The van der Waals surface area contributed by atoms with Crippen LogP contribution in [-0.4, -0.2) is 36.4 Å². The van der Waals surface area contributed by atoms with Crippen molar-refractivity contribution in [2.75, 3.05) is 16.4 Å². The van der Waals surface area contributed by atoms with E-state index in [-0.39, 0.29) is 22.8 Å². The highest BCUT2D eigenvalue weighted by Crippen LogP contribution is 2.40. The van der Waals surface area contributed by atoms with Gasteiger partial charge in [0.1, 0.15) is 12.4 Å². The highest BCUT2D eigenvalue weighted by atomic mass is 32.2. The molecule has 2 fully saturated rings. The number of benzene rings is 2. The van der Waals surface area contributed by atoms with Gasteiger partial charge in [-0.05, 0) is 29.8 Å². The summed E-state index contributed by atoms with van der Waals surface area (Å²) >= 11 is 1.35. The summed E-state index contributed by atoms with van der Waals surface area (Å²) in [5, 5.41) is 8.56. The van der Waals surface area contributed by atoms with Crippen molar-refractivity contribution in [2.45, 2.75) is 17.9 Å². The molecular formula is C18H18N2O3S2. The Labute approximate surface area is 151 Å². The maximum atomic E-state index is 11.9. The maximum absolute atomic E-state index is 11.9. The average molecular weight is 374 g/mol. The molecule has 1 N–H and O–H groups in total. The smallest absolute Gasteiger partial charge is 0.161 e. The number of thioether (sulfide) groups is 1. The maximum Gasteiger partial charge on any atom is 0.161 e. The first-order valence-electron chi connectivity index (χ1n) is 8.03. The molecule has 2 atom stereocenters. The summed E-state index contributed by atoms with van der Waals surface area (Å²) in [6, 6.07) is 17.3. The summed E-state index contributed by atoms with van der Waals surface area (Å²) in [7, 11) is -3.00. The Bertz CT molecular complexity index is 882. The van der Waals surface area contributed by atoms with Crippen LogP contribution in [0.25, 0.3) is 0 Å². The van der Waals surface area contributed by atoms with Crippen molar-refractivity contribution < 1.29 is 13.2 Å². The molecule has 0 saturated carbocycles. The van der Waals surface area contributed by atoms with Gasteiger partial charge in [-0.15, -0.1) is 0 Å². The predicted octanol–water partition coefficient (Wildman–Crippen LogP) is 2.92. The highest BCUT2D eigenvalue weighted by Gasteiger charge is 2.48. The minimum atomic E-state index is -3.00. The number of hydrogen-bond donors (Lipinski definition) is 1. The normalized spacial score (nSPS) is 24.3. The van der Waals surface area contributed by atoms with Crippen molar-refractivity contribution in [1.82, 2.24) is 0 Å². The molecule has 25 heavy (non-hydrogen) atoms. The van der Waals surface area contributed by atoms with Crippen LogP contribution in [0.15, 0.2) is 54.6 Å². The molecule has 0 amide bonds. The Morgan fingerprint density at radius 1 is 1.08 bits per heavy atom. The summed E-state index contributed by atoms with van der Waals surface area (Å²) in [6.45, 7) is 0.499. The molecule has 0 aliphatic carbocycles. The van der Waals surface area contributed by atoms with Crippen LogP contribution in [-0.2, 0) is 16.4 Å². The number of sulfone groups is 1. The minimum absolute atomic E-state index is 0.0356. The highest BCUT2D eigenvalue weighted by molar-refractivity contribution is 8.15. The van der Waals surface area contributed by atoms with Crippen molar-refractivity contribution in [2.24, 2.45) is 0 Å². The van der Waals surface area contributed by atoms with Gasteiger partial charge in [-0.25, -0.2) is 8.42 Å². The molecule has 0 bridgehead atoms. The first-order chi connectivity index (χ1) is 12.0. The lowest BCUT2D eigenvalue weighted by Crippen LogP contribution is -2.37. The van der Waals surface area contributed by atoms with Crippen molar-refractivity contribution in [3.05, 3.63) is 60.2 Å². The molecule has 2 heterocycles. The Balaban J connectivity index is 1.47. The molecule has 2 aromatic rings. The third kappa shape index (κ3) is 3.39. The van der Waals surface area contributed by atoms with Crippen LogP contribution in [0.4, 0.5) is 5.69 Å². The van der Waals surface area contributed by atoms with Gasteiger partial charge in [-0.1, -0.05) is 42.1 Å². The monoisotopic (exact) mass is 374 g/mol. The van der Waals surface area contributed by atoms with Crippen LogP contribution in [0, 0.1) is 5.41 Å². The van der Waals surface area contributed by atoms with Gasteiger partial charge in [0.25, 0.3) is 0 Å². The molecule has 5 nitrogen and oxygen atoms in total. The van der Waals surface area contributed by atoms with E-state index in [0.717, 1.165) is 17.0 Å². The SMILES string of the molecule is N=C1S[C@@H]2CS(=O)(=O)C[C@@H]2N1c1ccc(OCc2ccccc2)cc1. The van der Waals surface area contributed by atoms with Crippen LogP contribution in [0.3, 0.4) is 0 Å². The van der Waals surface area contributed by atoms with E-state index in [9.17, 15) is 8.42 Å². The van der Waals surface area contributed by atoms with Crippen molar-refractivity contribution in [3.8, 4) is 5.75 Å². The number of nitrogens with zero attached hydrogens (tertiary/aromatic N) is 1. The fourth-order valence-corrected chi connectivity index (χ4v) is 7.05. The molecule has 2 saturated heterocycles. The molecule has 4 rings (SSSR count). The minimum Gasteiger partial charge on any atom is -0.489 e. The number of nitrogens with one attached hydrogen (secondary N) is 1. The lowest BCUT2D eigenvalue weighted by molar-refractivity contribution is 0.306. The average Bonchev–Trinajstić information content (AvgIpc) is 3.04. The van der Waals surface area contributed by atoms with E-state index in [1.54, 1.807) is 0 Å². The summed E-state index contributed by atoms with van der Waals surface area (Å²) < 4.78 is 29.5. The number of ether oxygens (including phenoxy) is 1. The Hall–Kier alpha value is -1.99. The molecule has 0 spiro atoms. The Morgan fingerprint density at radius 2 is 1.80 bits per heavy atom. The van der Waals surface area contributed by atoms with Gasteiger partial charge in [-0.2, -0.15) is 0 Å². The van der Waals surface area contributed by atoms with Gasteiger partial charge in [0.15, 0.2) is 15.0 Å². The third-order valence-corrected chi connectivity index (χ3v) is 7.58. The second-order valence-electron chi connectivity index (χ2n) is 6.24. The zero-order valence-electron chi connectivity index (χ0n) is 13.5. The summed E-state index contributed by atoms with van der Waals surface area (Å²) in [4.78, 5) is 1.83. The van der Waals surface area contributed by atoms with Gasteiger partial charge >= 0.3 is 0 Å². The molecule has 2 aliphatic rings. The van der Waals surface area contributed by atoms with Crippen LogP contribution in [0.2, 0.25) is 0 Å². The van der Waals surface area contributed by atoms with Gasteiger partial charge in [0.05, 0.1) is 17.5 Å². The first kappa shape index (κ1) is 16.5. The zero-order chi connectivity index (χ0) is 17.4. The van der Waals surface area contributed by atoms with E-state index >= 15 is 0 Å². The van der Waals surface area contributed by atoms with Crippen molar-refractivity contribution in [1.29, 1.82) is 5.41 Å². The predicted molar refractivity (Wildman–Crippen MR) is 101 cm³/mol. The summed E-state index contributed by atoms with van der Waals surface area (Å²) in [5.41, 5.74) is 1.94. The van der Waals surface area contributed by atoms with Crippen LogP contribution in [0.1, 0.15) is 5.56 Å². The molecule has 7 heteroatoms. The Kier molecular flexibility index (Phi) is 4.21. The molecule has 2 aromatic carbocycles. The zero-order valence-corrected chi connectivity index (χ0v) is 15.1. The number of hydrogen-bond acceptors (Lipinski definition) is 5. The largest absolute Gasteiger partial charge is 0.489 e. The Morgan fingerprint density at radius 3 is 2.52 bits per heavy atom. The first-order valence-corrected chi connectivity index (χ1v) is 10.7. The molecule has 0 aromatic heterocycles. The van der Waals surface area contributed by atoms with E-state index in [2.05, 4.69) is 0 Å². The lowest BCUT2D eigenvalue weighted by Gasteiger charge is -2.24. The van der Waals surface area contributed by atoms with Gasteiger partial charge in [0.2, 0.25) is 0 Å². The van der Waals surface area contributed by atoms with E-state index < -0.39 is 9.84 Å². The van der Waals surface area contributed by atoms with E-state index in [1.807, 2.05) is 59.5 Å². The van der Waals surface area contributed by atoms with Crippen LogP contribution < -0.4 is 9.64 Å². The summed E-state index contributed by atoms with van der Waals surface area (Å²) in [6.07, 6.45) is 0. The molecule has 0 unspecified atom stereocenters. The number of fused-ring (bicyclic) bond motifs is 1. The van der Waals surface area contributed by atoms with Gasteiger partial charge in [0, 0.05) is 10.9 Å². The molecular weight excluding hydrogens is 356 g/mol. The second-order valence-corrected chi connectivity index (χ2v) is 9.63. The lowest BCUT2D eigenvalue weighted by atomic mass is 10.2. The topological polar surface area (TPSA) is 70.5 Å².